The summed E-state index contributed by atoms with van der Waals surface area (Å²) < 4.78 is 0. The van der Waals surface area contributed by atoms with Gasteiger partial charge in [0.25, 0.3) is 5.91 Å². The first-order valence-electron chi connectivity index (χ1n) is 9.00. The van der Waals surface area contributed by atoms with Gasteiger partial charge >= 0.3 is 5.97 Å². The zero-order valence-corrected chi connectivity index (χ0v) is 15.9. The van der Waals surface area contributed by atoms with Gasteiger partial charge in [-0.15, -0.1) is 0 Å². The van der Waals surface area contributed by atoms with E-state index in [-0.39, 0.29) is 29.7 Å². The lowest BCUT2D eigenvalue weighted by Crippen LogP contribution is -2.18. The molecule has 0 aliphatic carbocycles. The second-order valence-electron chi connectivity index (χ2n) is 6.76. The molecule has 2 aromatic rings. The normalized spacial score (nSPS) is 11.3. The summed E-state index contributed by atoms with van der Waals surface area (Å²) >= 11 is 0. The molecule has 6 nitrogen and oxygen atoms in total. The smallest absolute Gasteiger partial charge is 0.335 e. The maximum Gasteiger partial charge on any atom is 0.335 e. The molecule has 0 saturated heterocycles. The first-order chi connectivity index (χ1) is 13.3. The highest BCUT2D eigenvalue weighted by Gasteiger charge is 2.15. The molecule has 0 aliphatic rings. The van der Waals surface area contributed by atoms with E-state index >= 15 is 0 Å². The van der Waals surface area contributed by atoms with Gasteiger partial charge in [-0.25, -0.2) is 4.79 Å². The van der Waals surface area contributed by atoms with Gasteiger partial charge < -0.3 is 16.2 Å². The van der Waals surface area contributed by atoms with Crippen molar-refractivity contribution in [1.82, 2.24) is 0 Å². The van der Waals surface area contributed by atoms with E-state index in [2.05, 4.69) is 5.32 Å². The average molecular weight is 380 g/mol. The summed E-state index contributed by atoms with van der Waals surface area (Å²) in [6.07, 6.45) is 2.53. The Hall–Kier alpha value is -3.41. The quantitative estimate of drug-likeness (QED) is 0.609. The molecule has 0 bridgehead atoms. The predicted octanol–water partition coefficient (Wildman–Crippen LogP) is 3.48. The van der Waals surface area contributed by atoms with E-state index in [0.717, 1.165) is 11.1 Å². The number of hydrogen-bond acceptors (Lipinski definition) is 3. The zero-order valence-electron chi connectivity index (χ0n) is 15.9. The first kappa shape index (κ1) is 20.9. The molecular weight excluding hydrogens is 356 g/mol. The molecule has 0 radical (unpaired) electrons. The molecule has 0 aliphatic heterocycles. The van der Waals surface area contributed by atoms with Crippen molar-refractivity contribution in [2.24, 2.45) is 11.7 Å². The monoisotopic (exact) mass is 380 g/mol. The summed E-state index contributed by atoms with van der Waals surface area (Å²) in [7, 11) is 0. The Morgan fingerprint density at radius 1 is 1.11 bits per heavy atom. The minimum Gasteiger partial charge on any atom is -0.478 e. The maximum absolute atomic E-state index is 12.8. The largest absolute Gasteiger partial charge is 0.478 e. The van der Waals surface area contributed by atoms with Crippen LogP contribution in [0.1, 0.15) is 41.8 Å². The number of nitrogens with one attached hydrogen (secondary N) is 1. The molecule has 0 heterocycles. The lowest BCUT2D eigenvalue weighted by molar-refractivity contribution is -0.118. The van der Waals surface area contributed by atoms with Gasteiger partial charge in [-0.05, 0) is 47.7 Å². The number of hydrogen-bond donors (Lipinski definition) is 3. The van der Waals surface area contributed by atoms with Crippen LogP contribution >= 0.6 is 0 Å². The minimum atomic E-state index is -1.06. The van der Waals surface area contributed by atoms with Crippen LogP contribution in [0.5, 0.6) is 0 Å². The Balaban J connectivity index is 2.30. The number of carboxylic acid groups (broad SMARTS) is 1. The molecule has 0 saturated carbocycles. The number of amides is 2. The van der Waals surface area contributed by atoms with Crippen LogP contribution in [0.25, 0.3) is 6.08 Å². The summed E-state index contributed by atoms with van der Waals surface area (Å²) in [4.78, 5) is 35.0. The number of benzene rings is 2. The molecule has 0 atom stereocenters. The van der Waals surface area contributed by atoms with Crippen LogP contribution in [-0.4, -0.2) is 22.9 Å². The van der Waals surface area contributed by atoms with Crippen LogP contribution in [0.15, 0.2) is 54.1 Å². The molecule has 6 heteroatoms. The molecule has 0 spiro atoms. The molecule has 0 fully saturated rings. The summed E-state index contributed by atoms with van der Waals surface area (Å²) in [6.45, 7) is 3.82. The van der Waals surface area contributed by atoms with Crippen molar-refractivity contribution in [2.75, 3.05) is 5.32 Å². The molecule has 2 aromatic carbocycles. The van der Waals surface area contributed by atoms with Gasteiger partial charge in [0.15, 0.2) is 0 Å². The third-order valence-electron chi connectivity index (χ3n) is 4.26. The van der Waals surface area contributed by atoms with E-state index in [4.69, 9.17) is 10.8 Å². The molecule has 4 N–H and O–H groups in total. The number of anilines is 1. The van der Waals surface area contributed by atoms with Crippen LogP contribution in [-0.2, 0) is 16.0 Å². The number of rotatable bonds is 8. The summed E-state index contributed by atoms with van der Waals surface area (Å²) in [5.41, 5.74) is 8.09. The molecule has 146 valence electrons. The number of carbonyl (C=O) groups is 3. The number of aromatic carboxylic acids is 1. The summed E-state index contributed by atoms with van der Waals surface area (Å²) in [5.74, 6) is -1.80. The predicted molar refractivity (Wildman–Crippen MR) is 109 cm³/mol. The highest BCUT2D eigenvalue weighted by molar-refractivity contribution is 6.07. The lowest BCUT2D eigenvalue weighted by Gasteiger charge is -2.14. The van der Waals surface area contributed by atoms with Crippen LogP contribution in [0.3, 0.4) is 0 Å². The van der Waals surface area contributed by atoms with E-state index in [0.29, 0.717) is 17.7 Å². The van der Waals surface area contributed by atoms with Crippen molar-refractivity contribution < 1.29 is 19.5 Å². The van der Waals surface area contributed by atoms with E-state index in [1.165, 1.54) is 12.1 Å². The van der Waals surface area contributed by atoms with Crippen molar-refractivity contribution in [3.63, 3.8) is 0 Å². The number of carboxylic acids is 1. The van der Waals surface area contributed by atoms with Gasteiger partial charge in [0.2, 0.25) is 5.91 Å². The van der Waals surface area contributed by atoms with Crippen molar-refractivity contribution in [3.8, 4) is 0 Å². The van der Waals surface area contributed by atoms with Gasteiger partial charge in [0, 0.05) is 17.7 Å². The van der Waals surface area contributed by atoms with Crippen molar-refractivity contribution in [3.05, 3.63) is 70.8 Å². The van der Waals surface area contributed by atoms with E-state index in [1.807, 2.05) is 38.1 Å². The Labute approximate surface area is 164 Å². The van der Waals surface area contributed by atoms with Crippen LogP contribution < -0.4 is 11.1 Å². The lowest BCUT2D eigenvalue weighted by atomic mass is 9.95. The summed E-state index contributed by atoms with van der Waals surface area (Å²) in [6, 6.07) is 13.6. The Bertz CT molecular complexity index is 916. The van der Waals surface area contributed by atoms with Gasteiger partial charge in [0.1, 0.15) is 0 Å². The molecule has 0 aromatic heterocycles. The number of primary amides is 1. The van der Waals surface area contributed by atoms with Gasteiger partial charge in [-0.3, -0.25) is 9.59 Å². The van der Waals surface area contributed by atoms with E-state index in [1.54, 1.807) is 18.2 Å². The maximum atomic E-state index is 12.8. The number of aryl methyl sites for hydroxylation is 1. The van der Waals surface area contributed by atoms with Crippen LogP contribution in [0, 0.1) is 5.92 Å². The fourth-order valence-electron chi connectivity index (χ4n) is 2.76. The van der Waals surface area contributed by atoms with Crippen LogP contribution in [0.4, 0.5) is 5.69 Å². The Morgan fingerprint density at radius 3 is 2.46 bits per heavy atom. The Kier molecular flexibility index (Phi) is 7.09. The van der Waals surface area contributed by atoms with Gasteiger partial charge in [-0.2, -0.15) is 0 Å². The fourth-order valence-corrected chi connectivity index (χ4v) is 2.76. The van der Waals surface area contributed by atoms with E-state index in [9.17, 15) is 14.4 Å². The van der Waals surface area contributed by atoms with E-state index < -0.39 is 5.97 Å². The topological polar surface area (TPSA) is 109 Å². The SMILES string of the molecule is CC(C)/C(=C\c1ccccc1CCC(N)=O)C(=O)Nc1cccc(C(=O)O)c1. The first-order valence-corrected chi connectivity index (χ1v) is 9.00. The van der Waals surface area contributed by atoms with Gasteiger partial charge in [0.05, 0.1) is 5.56 Å². The molecule has 2 amide bonds. The summed E-state index contributed by atoms with van der Waals surface area (Å²) in [5, 5.41) is 11.9. The molecule has 2 rings (SSSR count). The van der Waals surface area contributed by atoms with Crippen molar-refractivity contribution in [2.45, 2.75) is 26.7 Å². The van der Waals surface area contributed by atoms with Crippen molar-refractivity contribution >= 4 is 29.5 Å². The van der Waals surface area contributed by atoms with Crippen LogP contribution in [0.2, 0.25) is 0 Å². The van der Waals surface area contributed by atoms with Gasteiger partial charge in [-0.1, -0.05) is 44.2 Å². The second kappa shape index (κ2) is 9.50. The Morgan fingerprint density at radius 2 is 1.82 bits per heavy atom. The average Bonchev–Trinajstić information content (AvgIpc) is 2.64. The third-order valence-corrected chi connectivity index (χ3v) is 4.26. The number of carbonyl (C=O) groups excluding carboxylic acids is 2. The molecule has 0 unspecified atom stereocenters. The molecular formula is C22H24N2O4. The minimum absolute atomic E-state index is 0.0631. The highest BCUT2D eigenvalue weighted by atomic mass is 16.4. The fraction of sp³-hybridized carbons (Fsp3) is 0.227. The second-order valence-corrected chi connectivity index (χ2v) is 6.76. The standard InChI is InChI=1S/C22H24N2O4/c1-14(2)19(13-16-7-4-3-6-15(16)10-11-20(23)25)21(26)24-18-9-5-8-17(12-18)22(27)28/h3-9,12-14H,10-11H2,1-2H3,(H2,23,25)(H,24,26)(H,27,28)/b19-13+. The highest BCUT2D eigenvalue weighted by Crippen LogP contribution is 2.21. The third kappa shape index (κ3) is 5.81. The van der Waals surface area contributed by atoms with Crippen molar-refractivity contribution in [1.29, 1.82) is 0 Å². The zero-order chi connectivity index (χ0) is 20.7. The number of nitrogens with two attached hydrogens (primary N) is 1. The molecule has 28 heavy (non-hydrogen) atoms.